The molecular formula is C21H26BrNO4. The van der Waals surface area contributed by atoms with Gasteiger partial charge in [0.05, 0.1) is 24.7 Å². The molecule has 1 N–H and O–H groups in total. The zero-order chi connectivity index (χ0) is 20.0. The van der Waals surface area contributed by atoms with Crippen LogP contribution >= 0.6 is 15.9 Å². The van der Waals surface area contributed by atoms with Crippen LogP contribution in [-0.2, 0) is 4.79 Å². The summed E-state index contributed by atoms with van der Waals surface area (Å²) in [5.74, 6) is 2.16. The van der Waals surface area contributed by atoms with Gasteiger partial charge in [0.2, 0.25) is 0 Å². The van der Waals surface area contributed by atoms with Gasteiger partial charge in [0.1, 0.15) is 5.75 Å². The Morgan fingerprint density at radius 1 is 0.963 bits per heavy atom. The van der Waals surface area contributed by atoms with Crippen molar-refractivity contribution in [1.82, 2.24) is 5.32 Å². The van der Waals surface area contributed by atoms with Crippen LogP contribution in [0.3, 0.4) is 0 Å². The number of benzene rings is 2. The lowest BCUT2D eigenvalue weighted by molar-refractivity contribution is -0.123. The molecule has 2 rings (SSSR count). The number of hydrogen-bond acceptors (Lipinski definition) is 4. The van der Waals surface area contributed by atoms with Crippen molar-refractivity contribution in [1.29, 1.82) is 0 Å². The monoisotopic (exact) mass is 435 g/mol. The number of ether oxygens (including phenoxy) is 3. The van der Waals surface area contributed by atoms with Gasteiger partial charge in [0, 0.05) is 0 Å². The maximum atomic E-state index is 12.3. The minimum absolute atomic E-state index is 0.0583. The number of amides is 1. The van der Waals surface area contributed by atoms with Crippen molar-refractivity contribution in [3.8, 4) is 17.2 Å². The molecule has 0 aromatic heterocycles. The predicted octanol–water partition coefficient (Wildman–Crippen LogP) is 4.85. The molecule has 0 aliphatic heterocycles. The molecule has 146 valence electrons. The van der Waals surface area contributed by atoms with Gasteiger partial charge >= 0.3 is 0 Å². The number of halogens is 1. The van der Waals surface area contributed by atoms with E-state index in [-0.39, 0.29) is 18.6 Å². The van der Waals surface area contributed by atoms with Crippen LogP contribution in [0.25, 0.3) is 0 Å². The van der Waals surface area contributed by atoms with Crippen LogP contribution in [0.5, 0.6) is 17.2 Å². The molecule has 27 heavy (non-hydrogen) atoms. The molecule has 0 spiro atoms. The first-order chi connectivity index (χ1) is 12.8. The number of methoxy groups -OCH3 is 2. The highest BCUT2D eigenvalue weighted by molar-refractivity contribution is 9.10. The fourth-order valence-corrected chi connectivity index (χ4v) is 3.14. The van der Waals surface area contributed by atoms with Crippen molar-refractivity contribution in [2.24, 2.45) is 0 Å². The highest BCUT2D eigenvalue weighted by atomic mass is 79.9. The van der Waals surface area contributed by atoms with Gasteiger partial charge in [-0.25, -0.2) is 0 Å². The van der Waals surface area contributed by atoms with Crippen LogP contribution in [0.1, 0.15) is 43.9 Å². The molecule has 0 unspecified atom stereocenters. The smallest absolute Gasteiger partial charge is 0.258 e. The van der Waals surface area contributed by atoms with Gasteiger partial charge in [-0.15, -0.1) is 0 Å². The Kier molecular flexibility index (Phi) is 7.54. The fourth-order valence-electron chi connectivity index (χ4n) is 2.63. The zero-order valence-corrected chi connectivity index (χ0v) is 17.9. The largest absolute Gasteiger partial charge is 0.493 e. The summed E-state index contributed by atoms with van der Waals surface area (Å²) in [4.78, 5) is 12.3. The van der Waals surface area contributed by atoms with Gasteiger partial charge in [-0.2, -0.15) is 0 Å². The lowest BCUT2D eigenvalue weighted by atomic mass is 10.0. The Labute approximate surface area is 169 Å². The Balaban J connectivity index is 1.95. The normalized spacial score (nSPS) is 11.8. The molecule has 6 heteroatoms. The standard InChI is InChI=1S/C21H26BrNO4/c1-13(2)15-6-8-18(17(22)10-15)27-12-21(24)23-14(3)16-7-9-19(25-4)20(11-16)26-5/h6-11,13-14H,12H2,1-5H3,(H,23,24)/t14-/m0/s1. The van der Waals surface area contributed by atoms with E-state index < -0.39 is 0 Å². The molecule has 0 bridgehead atoms. The summed E-state index contributed by atoms with van der Waals surface area (Å²) in [7, 11) is 3.17. The van der Waals surface area contributed by atoms with E-state index >= 15 is 0 Å². The van der Waals surface area contributed by atoms with Crippen LogP contribution < -0.4 is 19.5 Å². The summed E-state index contributed by atoms with van der Waals surface area (Å²) in [5, 5.41) is 2.93. The van der Waals surface area contributed by atoms with Crippen molar-refractivity contribution >= 4 is 21.8 Å². The zero-order valence-electron chi connectivity index (χ0n) is 16.3. The second kappa shape index (κ2) is 9.65. The lowest BCUT2D eigenvalue weighted by Gasteiger charge is -2.17. The Hall–Kier alpha value is -2.21. The van der Waals surface area contributed by atoms with Crippen molar-refractivity contribution in [3.05, 3.63) is 52.0 Å². The van der Waals surface area contributed by atoms with Crippen LogP contribution in [-0.4, -0.2) is 26.7 Å². The van der Waals surface area contributed by atoms with Crippen molar-refractivity contribution in [3.63, 3.8) is 0 Å². The van der Waals surface area contributed by atoms with E-state index in [0.29, 0.717) is 23.2 Å². The minimum atomic E-state index is -0.197. The molecule has 1 atom stereocenters. The predicted molar refractivity (Wildman–Crippen MR) is 110 cm³/mol. The summed E-state index contributed by atoms with van der Waals surface area (Å²) in [6, 6.07) is 11.3. The molecule has 0 fully saturated rings. The molecule has 0 aliphatic carbocycles. The second-order valence-corrected chi connectivity index (χ2v) is 7.39. The topological polar surface area (TPSA) is 56.8 Å². The molecule has 0 saturated heterocycles. The first-order valence-electron chi connectivity index (χ1n) is 8.79. The van der Waals surface area contributed by atoms with Crippen LogP contribution in [0, 0.1) is 0 Å². The average molecular weight is 436 g/mol. The summed E-state index contributed by atoms with van der Waals surface area (Å²) in [6.45, 7) is 6.11. The van der Waals surface area contributed by atoms with Gasteiger partial charge < -0.3 is 19.5 Å². The Morgan fingerprint density at radius 3 is 2.19 bits per heavy atom. The molecule has 0 heterocycles. The van der Waals surface area contributed by atoms with E-state index in [1.807, 2.05) is 43.3 Å². The number of rotatable bonds is 8. The van der Waals surface area contributed by atoms with Crippen LogP contribution in [0.4, 0.5) is 0 Å². The summed E-state index contributed by atoms with van der Waals surface area (Å²) < 4.78 is 17.0. The van der Waals surface area contributed by atoms with Gasteiger partial charge in [-0.3, -0.25) is 4.79 Å². The van der Waals surface area contributed by atoms with Crippen LogP contribution in [0.15, 0.2) is 40.9 Å². The number of hydrogen-bond donors (Lipinski definition) is 1. The third-order valence-corrected chi connectivity index (χ3v) is 4.89. The van der Waals surface area contributed by atoms with Gasteiger partial charge in [-0.05, 0) is 64.2 Å². The van der Waals surface area contributed by atoms with Gasteiger partial charge in [0.15, 0.2) is 18.1 Å². The van der Waals surface area contributed by atoms with E-state index in [1.165, 1.54) is 5.56 Å². The van der Waals surface area contributed by atoms with E-state index in [2.05, 4.69) is 35.1 Å². The Bertz CT molecular complexity index is 792. The second-order valence-electron chi connectivity index (χ2n) is 6.54. The maximum Gasteiger partial charge on any atom is 0.258 e. The van der Waals surface area contributed by atoms with Crippen molar-refractivity contribution in [2.75, 3.05) is 20.8 Å². The molecule has 0 aliphatic rings. The quantitative estimate of drug-likeness (QED) is 0.643. The van der Waals surface area contributed by atoms with Crippen molar-refractivity contribution < 1.29 is 19.0 Å². The lowest BCUT2D eigenvalue weighted by Crippen LogP contribution is -2.31. The first-order valence-corrected chi connectivity index (χ1v) is 9.58. The van der Waals surface area contributed by atoms with Gasteiger partial charge in [0.25, 0.3) is 5.91 Å². The third kappa shape index (κ3) is 5.63. The summed E-state index contributed by atoms with van der Waals surface area (Å²) >= 11 is 3.50. The number of carbonyl (C=O) groups excluding carboxylic acids is 1. The fraction of sp³-hybridized carbons (Fsp3) is 0.381. The van der Waals surface area contributed by atoms with E-state index in [0.717, 1.165) is 10.0 Å². The Morgan fingerprint density at radius 2 is 1.59 bits per heavy atom. The van der Waals surface area contributed by atoms with E-state index in [4.69, 9.17) is 14.2 Å². The minimum Gasteiger partial charge on any atom is -0.493 e. The molecular weight excluding hydrogens is 410 g/mol. The molecule has 2 aromatic rings. The molecule has 5 nitrogen and oxygen atoms in total. The number of carbonyl (C=O) groups is 1. The molecule has 2 aromatic carbocycles. The van der Waals surface area contributed by atoms with E-state index in [1.54, 1.807) is 14.2 Å². The average Bonchev–Trinajstić information content (AvgIpc) is 2.66. The molecule has 0 radical (unpaired) electrons. The van der Waals surface area contributed by atoms with E-state index in [9.17, 15) is 4.79 Å². The SMILES string of the molecule is COc1ccc([C@H](C)NC(=O)COc2ccc(C(C)C)cc2Br)cc1OC. The maximum absolute atomic E-state index is 12.3. The van der Waals surface area contributed by atoms with Crippen molar-refractivity contribution in [2.45, 2.75) is 32.7 Å². The van der Waals surface area contributed by atoms with Crippen LogP contribution in [0.2, 0.25) is 0 Å². The summed E-state index contributed by atoms with van der Waals surface area (Å²) in [6.07, 6.45) is 0. The molecule has 0 saturated carbocycles. The first kappa shape index (κ1) is 21.1. The third-order valence-electron chi connectivity index (χ3n) is 4.27. The highest BCUT2D eigenvalue weighted by Crippen LogP contribution is 2.30. The molecule has 1 amide bonds. The van der Waals surface area contributed by atoms with Gasteiger partial charge in [-0.1, -0.05) is 26.0 Å². The highest BCUT2D eigenvalue weighted by Gasteiger charge is 2.14. The number of nitrogens with one attached hydrogen (secondary N) is 1. The summed E-state index contributed by atoms with van der Waals surface area (Å²) in [5.41, 5.74) is 2.13.